The number of hydrogen-bond acceptors (Lipinski definition) is 5. The number of ether oxygens (including phenoxy) is 1. The minimum absolute atomic E-state index is 0.0246. The topological polar surface area (TPSA) is 83.3 Å². The van der Waals surface area contributed by atoms with Crippen molar-refractivity contribution >= 4 is 11.7 Å². The Morgan fingerprint density at radius 3 is 2.81 bits per heavy atom. The third-order valence-corrected chi connectivity index (χ3v) is 4.31. The van der Waals surface area contributed by atoms with Gasteiger partial charge < -0.3 is 9.64 Å². The van der Waals surface area contributed by atoms with E-state index in [1.807, 2.05) is 24.3 Å². The van der Waals surface area contributed by atoms with Gasteiger partial charge in [-0.1, -0.05) is 30.3 Å². The van der Waals surface area contributed by atoms with Crippen LogP contribution in [0.25, 0.3) is 0 Å². The molecular formula is C20H19N3O3. The van der Waals surface area contributed by atoms with Gasteiger partial charge in [-0.25, -0.2) is 4.98 Å². The van der Waals surface area contributed by atoms with Crippen molar-refractivity contribution in [1.82, 2.24) is 9.88 Å². The maximum absolute atomic E-state index is 12.3. The summed E-state index contributed by atoms with van der Waals surface area (Å²) in [5.74, 6) is 0.324. The molecule has 6 nitrogen and oxygen atoms in total. The van der Waals surface area contributed by atoms with E-state index in [2.05, 4.69) is 4.98 Å². The lowest BCUT2D eigenvalue weighted by atomic mass is 10.1. The second-order valence-electron chi connectivity index (χ2n) is 6.15. The van der Waals surface area contributed by atoms with E-state index in [-0.39, 0.29) is 30.6 Å². The van der Waals surface area contributed by atoms with Gasteiger partial charge in [0, 0.05) is 43.6 Å². The first-order chi connectivity index (χ1) is 12.7. The molecule has 1 unspecified atom stereocenters. The molecule has 1 aromatic heterocycles. The predicted molar refractivity (Wildman–Crippen MR) is 94.6 cm³/mol. The third-order valence-electron chi connectivity index (χ3n) is 4.31. The number of hydrogen-bond donors (Lipinski definition) is 0. The quantitative estimate of drug-likeness (QED) is 0.749. The highest BCUT2D eigenvalue weighted by Gasteiger charge is 2.28. The van der Waals surface area contributed by atoms with Crippen LogP contribution in [0.1, 0.15) is 35.2 Å². The Hall–Kier alpha value is -3.20. The molecule has 1 amide bonds. The number of pyridine rings is 1. The molecule has 6 heteroatoms. The molecule has 0 aliphatic carbocycles. The molecule has 2 aromatic rings. The molecule has 0 N–H and O–H groups in total. The Labute approximate surface area is 152 Å². The van der Waals surface area contributed by atoms with Gasteiger partial charge in [-0.05, 0) is 6.07 Å². The maximum atomic E-state index is 12.3. The monoisotopic (exact) mass is 349 g/mol. The fourth-order valence-electron chi connectivity index (χ4n) is 2.91. The number of carbonyl (C=O) groups excluding carboxylic acids is 2. The zero-order valence-corrected chi connectivity index (χ0v) is 14.3. The Morgan fingerprint density at radius 1 is 1.23 bits per heavy atom. The molecule has 132 valence electrons. The minimum atomic E-state index is -0.148. The molecule has 1 saturated heterocycles. The van der Waals surface area contributed by atoms with Crippen LogP contribution in [0.2, 0.25) is 0 Å². The van der Waals surface area contributed by atoms with E-state index < -0.39 is 0 Å². The number of rotatable bonds is 6. The second kappa shape index (κ2) is 8.26. The highest BCUT2D eigenvalue weighted by Crippen LogP contribution is 2.18. The fraction of sp³-hybridized carbons (Fsp3) is 0.300. The molecule has 1 atom stereocenters. The summed E-state index contributed by atoms with van der Waals surface area (Å²) >= 11 is 0. The van der Waals surface area contributed by atoms with E-state index in [1.165, 1.54) is 6.20 Å². The van der Waals surface area contributed by atoms with Crippen LogP contribution >= 0.6 is 0 Å². The highest BCUT2D eigenvalue weighted by atomic mass is 16.5. The van der Waals surface area contributed by atoms with Crippen molar-refractivity contribution in [3.05, 3.63) is 59.8 Å². The molecule has 0 saturated carbocycles. The zero-order valence-electron chi connectivity index (χ0n) is 14.3. The van der Waals surface area contributed by atoms with Crippen molar-refractivity contribution in [2.75, 3.05) is 13.1 Å². The lowest BCUT2D eigenvalue weighted by Gasteiger charge is -2.17. The molecule has 3 rings (SSSR count). The standard InChI is InChI=1S/C20H19N3O3/c21-13-15-8-10-22-19(12-15)26-17-9-11-23(14-17)20(25)7-6-18(24)16-4-2-1-3-5-16/h1-5,8,10,12,17H,6-7,9,11,14H2. The van der Waals surface area contributed by atoms with Crippen LogP contribution < -0.4 is 4.74 Å². The van der Waals surface area contributed by atoms with Crippen LogP contribution in [0.3, 0.4) is 0 Å². The van der Waals surface area contributed by atoms with Gasteiger partial charge in [0.15, 0.2) is 5.78 Å². The summed E-state index contributed by atoms with van der Waals surface area (Å²) in [6.07, 6.45) is 2.49. The highest BCUT2D eigenvalue weighted by molar-refractivity contribution is 5.97. The largest absolute Gasteiger partial charge is 0.472 e. The fourth-order valence-corrected chi connectivity index (χ4v) is 2.91. The molecule has 1 aliphatic rings. The Kier molecular flexibility index (Phi) is 5.59. The van der Waals surface area contributed by atoms with Gasteiger partial charge in [0.1, 0.15) is 6.10 Å². The molecule has 2 heterocycles. The smallest absolute Gasteiger partial charge is 0.223 e. The molecular weight excluding hydrogens is 330 g/mol. The number of aromatic nitrogens is 1. The summed E-state index contributed by atoms with van der Waals surface area (Å²) in [5, 5.41) is 8.91. The zero-order chi connectivity index (χ0) is 18.4. The Bertz CT molecular complexity index is 830. The number of ketones is 1. The maximum Gasteiger partial charge on any atom is 0.223 e. The van der Waals surface area contributed by atoms with Crippen LogP contribution in [0, 0.1) is 11.3 Å². The van der Waals surface area contributed by atoms with E-state index in [9.17, 15) is 9.59 Å². The lowest BCUT2D eigenvalue weighted by molar-refractivity contribution is -0.130. The van der Waals surface area contributed by atoms with Gasteiger partial charge in [-0.15, -0.1) is 0 Å². The van der Waals surface area contributed by atoms with E-state index in [0.29, 0.717) is 36.5 Å². The van der Waals surface area contributed by atoms with Crippen LogP contribution in [0.15, 0.2) is 48.7 Å². The Balaban J connectivity index is 1.48. The van der Waals surface area contributed by atoms with Gasteiger partial charge in [0.25, 0.3) is 0 Å². The van der Waals surface area contributed by atoms with Gasteiger partial charge in [0.2, 0.25) is 11.8 Å². The second-order valence-corrected chi connectivity index (χ2v) is 6.15. The molecule has 0 bridgehead atoms. The number of nitriles is 1. The van der Waals surface area contributed by atoms with Gasteiger partial charge in [-0.2, -0.15) is 5.26 Å². The minimum Gasteiger partial charge on any atom is -0.472 e. The summed E-state index contributed by atoms with van der Waals surface area (Å²) in [6, 6.07) is 14.2. The summed E-state index contributed by atoms with van der Waals surface area (Å²) in [7, 11) is 0. The van der Waals surface area contributed by atoms with Crippen molar-refractivity contribution < 1.29 is 14.3 Å². The van der Waals surface area contributed by atoms with Crippen LogP contribution in [0.5, 0.6) is 5.88 Å². The SMILES string of the molecule is N#Cc1ccnc(OC2CCN(C(=O)CCC(=O)c3ccccc3)C2)c1. The third kappa shape index (κ3) is 4.45. The number of nitrogens with zero attached hydrogens (tertiary/aromatic N) is 3. The van der Waals surface area contributed by atoms with Crippen molar-refractivity contribution in [3.63, 3.8) is 0 Å². The van der Waals surface area contributed by atoms with Crippen molar-refractivity contribution in [2.24, 2.45) is 0 Å². The molecule has 1 aromatic carbocycles. The first-order valence-electron chi connectivity index (χ1n) is 8.54. The normalized spacial score (nSPS) is 16.1. The summed E-state index contributed by atoms with van der Waals surface area (Å²) in [4.78, 5) is 30.3. The van der Waals surface area contributed by atoms with E-state index in [1.54, 1.807) is 29.2 Å². The van der Waals surface area contributed by atoms with Crippen molar-refractivity contribution in [3.8, 4) is 11.9 Å². The number of amides is 1. The van der Waals surface area contributed by atoms with Gasteiger partial charge in [-0.3, -0.25) is 9.59 Å². The van der Waals surface area contributed by atoms with Crippen molar-refractivity contribution in [2.45, 2.75) is 25.4 Å². The van der Waals surface area contributed by atoms with E-state index in [0.717, 1.165) is 0 Å². The van der Waals surface area contributed by atoms with E-state index in [4.69, 9.17) is 10.00 Å². The van der Waals surface area contributed by atoms with E-state index >= 15 is 0 Å². The number of carbonyl (C=O) groups is 2. The van der Waals surface area contributed by atoms with Gasteiger partial charge >= 0.3 is 0 Å². The summed E-state index contributed by atoms with van der Waals surface area (Å²) < 4.78 is 5.77. The molecule has 1 fully saturated rings. The summed E-state index contributed by atoms with van der Waals surface area (Å²) in [6.45, 7) is 1.07. The Morgan fingerprint density at radius 2 is 2.04 bits per heavy atom. The average Bonchev–Trinajstić information content (AvgIpc) is 3.15. The molecule has 1 aliphatic heterocycles. The van der Waals surface area contributed by atoms with Crippen LogP contribution in [-0.4, -0.2) is 40.8 Å². The number of likely N-dealkylation sites (tertiary alicyclic amines) is 1. The first-order valence-corrected chi connectivity index (χ1v) is 8.54. The lowest BCUT2D eigenvalue weighted by Crippen LogP contribution is -2.31. The first kappa shape index (κ1) is 17.6. The van der Waals surface area contributed by atoms with Crippen LogP contribution in [-0.2, 0) is 4.79 Å². The van der Waals surface area contributed by atoms with Crippen LogP contribution in [0.4, 0.5) is 0 Å². The molecule has 26 heavy (non-hydrogen) atoms. The number of Topliss-reactive ketones (excluding diaryl/α,β-unsaturated/α-hetero) is 1. The number of benzene rings is 1. The van der Waals surface area contributed by atoms with Crippen molar-refractivity contribution in [1.29, 1.82) is 5.26 Å². The molecule has 0 spiro atoms. The molecule has 0 radical (unpaired) electrons. The average molecular weight is 349 g/mol. The predicted octanol–water partition coefficient (Wildman–Crippen LogP) is 2.60. The summed E-state index contributed by atoms with van der Waals surface area (Å²) in [5.41, 5.74) is 1.12. The van der Waals surface area contributed by atoms with Gasteiger partial charge in [0.05, 0.1) is 18.2 Å².